The third kappa shape index (κ3) is 32.4. The summed E-state index contributed by atoms with van der Waals surface area (Å²) in [7, 11) is -10.8. The predicted octanol–water partition coefficient (Wildman–Crippen LogP) is 7.92. The second-order valence-electron chi connectivity index (χ2n) is 15.9. The molecule has 19 heteroatoms. The molecule has 0 aliphatic heterocycles. The zero-order valence-corrected chi connectivity index (χ0v) is 41.4. The van der Waals surface area contributed by atoms with Gasteiger partial charge in [-0.2, -0.15) is 0 Å². The molecule has 9 atom stereocenters. The summed E-state index contributed by atoms with van der Waals surface area (Å²) in [5.41, 5.74) is 0. The molecule has 6 unspecified atom stereocenters. The molecule has 0 amide bonds. The van der Waals surface area contributed by atoms with Gasteiger partial charge in [0.15, 0.2) is 6.10 Å². The largest absolute Gasteiger partial charge is 0.472 e. The first-order valence-corrected chi connectivity index (χ1v) is 26.6. The lowest BCUT2D eigenvalue weighted by Gasteiger charge is -2.43. The first-order valence-electron chi connectivity index (χ1n) is 23.5. The van der Waals surface area contributed by atoms with E-state index < -0.39 is 89.6 Å². The molecule has 0 aromatic heterocycles. The lowest BCUT2D eigenvalue weighted by atomic mass is 9.85. The van der Waals surface area contributed by atoms with Gasteiger partial charge in [0.2, 0.25) is 0 Å². The molecule has 1 saturated carbocycles. The number of phosphoric acid groups is 2. The van der Waals surface area contributed by atoms with Crippen molar-refractivity contribution in [3.05, 3.63) is 109 Å². The van der Waals surface area contributed by atoms with Crippen LogP contribution >= 0.6 is 15.6 Å². The molecule has 1 aliphatic carbocycles. The van der Waals surface area contributed by atoms with E-state index in [0.717, 1.165) is 44.9 Å². The van der Waals surface area contributed by atoms with E-state index in [-0.39, 0.29) is 25.7 Å². The van der Waals surface area contributed by atoms with Crippen molar-refractivity contribution in [3.63, 3.8) is 0 Å². The molecular weight excluding hydrogens is 922 g/mol. The average Bonchev–Trinajstić information content (AvgIpc) is 3.29. The van der Waals surface area contributed by atoms with E-state index in [9.17, 15) is 58.9 Å². The Kier molecular flexibility index (Phi) is 35.4. The normalized spacial score (nSPS) is 22.7. The monoisotopic (exact) mass is 1000 g/mol. The van der Waals surface area contributed by atoms with Gasteiger partial charge in [0, 0.05) is 12.8 Å². The zero-order valence-electron chi connectivity index (χ0n) is 39.6. The van der Waals surface area contributed by atoms with Crippen LogP contribution < -0.4 is 0 Å². The summed E-state index contributed by atoms with van der Waals surface area (Å²) in [5.74, 6) is -1.49. The van der Waals surface area contributed by atoms with Gasteiger partial charge in [-0.25, -0.2) is 9.13 Å². The summed E-state index contributed by atoms with van der Waals surface area (Å²) < 4.78 is 49.1. The molecule has 8 N–H and O–H groups in total. The Hall–Kier alpha value is -3.38. The first kappa shape index (κ1) is 62.6. The van der Waals surface area contributed by atoms with Crippen LogP contribution in [-0.4, -0.2) is 114 Å². The maximum Gasteiger partial charge on any atom is 0.472 e. The van der Waals surface area contributed by atoms with Crippen molar-refractivity contribution in [1.29, 1.82) is 0 Å². The van der Waals surface area contributed by atoms with Crippen molar-refractivity contribution in [2.75, 3.05) is 13.2 Å². The van der Waals surface area contributed by atoms with Gasteiger partial charge in [-0.3, -0.25) is 23.2 Å². The third-order valence-electron chi connectivity index (χ3n) is 9.93. The molecular formula is C49H78O17P2. The van der Waals surface area contributed by atoms with E-state index in [4.69, 9.17) is 18.5 Å². The summed E-state index contributed by atoms with van der Waals surface area (Å²) in [5, 5.41) is 51.5. The van der Waals surface area contributed by atoms with Crippen LogP contribution in [0.5, 0.6) is 0 Å². The van der Waals surface area contributed by atoms with Gasteiger partial charge in [-0.15, -0.1) is 0 Å². The fourth-order valence-electron chi connectivity index (χ4n) is 6.28. The number of hydrogen-bond donors (Lipinski definition) is 8. The van der Waals surface area contributed by atoms with Gasteiger partial charge in [-0.05, 0) is 83.5 Å². The van der Waals surface area contributed by atoms with Crippen LogP contribution in [0.1, 0.15) is 123 Å². The fraction of sp³-hybridized carbons (Fsp3) is 0.592. The quantitative estimate of drug-likeness (QED) is 0.00965. The summed E-state index contributed by atoms with van der Waals surface area (Å²) in [6.07, 6.45) is 32.2. The van der Waals surface area contributed by atoms with E-state index >= 15 is 0 Å². The van der Waals surface area contributed by atoms with Gasteiger partial charge in [0.05, 0.1) is 12.7 Å². The second-order valence-corrected chi connectivity index (χ2v) is 18.5. The first-order chi connectivity index (χ1) is 32.5. The molecule has 0 heterocycles. The van der Waals surface area contributed by atoms with Crippen LogP contribution in [0.25, 0.3) is 0 Å². The van der Waals surface area contributed by atoms with Crippen LogP contribution in [0.15, 0.2) is 109 Å². The highest BCUT2D eigenvalue weighted by atomic mass is 31.2. The van der Waals surface area contributed by atoms with Crippen LogP contribution in [-0.2, 0) is 41.8 Å². The van der Waals surface area contributed by atoms with E-state index in [1.165, 1.54) is 19.3 Å². The Morgan fingerprint density at radius 3 is 1.60 bits per heavy atom. The third-order valence-corrected chi connectivity index (χ3v) is 11.4. The minimum Gasteiger partial charge on any atom is -0.462 e. The average molecular weight is 1000 g/mol. The molecule has 0 spiro atoms. The lowest BCUT2D eigenvalue weighted by Crippen LogP contribution is -2.64. The number of carbonyl (C=O) groups excluding carboxylic acids is 2. The van der Waals surface area contributed by atoms with Crippen LogP contribution in [0.2, 0.25) is 0 Å². The van der Waals surface area contributed by atoms with Crippen molar-refractivity contribution in [1.82, 2.24) is 0 Å². The Balaban J connectivity index is 2.73. The van der Waals surface area contributed by atoms with E-state index in [2.05, 4.69) is 79.1 Å². The Bertz CT molecular complexity index is 1750. The minimum absolute atomic E-state index is 0.0797. The fourth-order valence-corrected chi connectivity index (χ4v) is 7.82. The number of allylic oxidation sites excluding steroid dienone is 17. The molecule has 386 valence electrons. The number of aliphatic hydroxyl groups excluding tert-OH is 5. The highest BCUT2D eigenvalue weighted by Crippen LogP contribution is 2.49. The van der Waals surface area contributed by atoms with Gasteiger partial charge >= 0.3 is 27.6 Å². The van der Waals surface area contributed by atoms with Crippen molar-refractivity contribution >= 4 is 27.6 Å². The second kappa shape index (κ2) is 38.4. The van der Waals surface area contributed by atoms with Crippen molar-refractivity contribution in [2.24, 2.45) is 0 Å². The number of phosphoric ester groups is 2. The van der Waals surface area contributed by atoms with Gasteiger partial charge < -0.3 is 49.7 Å². The summed E-state index contributed by atoms with van der Waals surface area (Å²) >= 11 is 0. The number of unbranched alkanes of at least 4 members (excludes halogenated alkanes) is 4. The standard InChI is InChI=1S/C49H78O17P2/c1-3-5-7-9-11-13-15-17-18-19-20-22-24-26-28-30-32-36-43(52)64-41(39-63-68(60,61)66-49-46(55)44(53)45(54)48(47(49)56)65-67(57,58)59)38-62-42(51)37-33-35-40(50)34-31-29-27-25-23-21-16-14-12-10-8-6-4-2/h6,8,11-14,17-18,20-23,26-29,31,34,40-41,44-50,53-56H,3-5,7,9-10,15-16,19,24-25,30,32-33,35-39H2,1-2H3,(H,60,61)(H2,57,58,59)/b8-6-,13-11-,14-12-,18-17-,22-20-,23-21-,28-26-,29-27-,34-31+/t40?,41-,44?,45?,46?,47?,48-,49+/m1/s1. The summed E-state index contributed by atoms with van der Waals surface area (Å²) in [4.78, 5) is 54.3. The lowest BCUT2D eigenvalue weighted by molar-refractivity contribution is -0.216. The molecule has 1 fully saturated rings. The van der Waals surface area contributed by atoms with E-state index in [1.807, 2.05) is 36.5 Å². The summed E-state index contributed by atoms with van der Waals surface area (Å²) in [6.45, 7) is 2.73. The zero-order chi connectivity index (χ0) is 50.5. The van der Waals surface area contributed by atoms with Gasteiger partial charge in [0.1, 0.15) is 43.2 Å². The Morgan fingerprint density at radius 2 is 1.06 bits per heavy atom. The number of rotatable bonds is 37. The molecule has 0 saturated heterocycles. The molecule has 0 aromatic carbocycles. The van der Waals surface area contributed by atoms with Crippen LogP contribution in [0.4, 0.5) is 0 Å². The topological polar surface area (TPSA) is 276 Å². The van der Waals surface area contributed by atoms with Gasteiger partial charge in [0.25, 0.3) is 0 Å². The maximum atomic E-state index is 13.0. The van der Waals surface area contributed by atoms with Gasteiger partial charge in [-0.1, -0.05) is 136 Å². The Labute approximate surface area is 402 Å². The predicted molar refractivity (Wildman–Crippen MR) is 261 cm³/mol. The smallest absolute Gasteiger partial charge is 0.462 e. The summed E-state index contributed by atoms with van der Waals surface area (Å²) in [6, 6.07) is 0. The number of ether oxygens (including phenoxy) is 2. The number of carbonyl (C=O) groups is 2. The van der Waals surface area contributed by atoms with Crippen molar-refractivity contribution in [3.8, 4) is 0 Å². The molecule has 0 aromatic rings. The Morgan fingerprint density at radius 1 is 0.559 bits per heavy atom. The van der Waals surface area contributed by atoms with E-state index in [1.54, 1.807) is 12.2 Å². The highest BCUT2D eigenvalue weighted by Gasteiger charge is 2.54. The molecule has 17 nitrogen and oxygen atoms in total. The molecule has 1 aliphatic rings. The molecule has 0 radical (unpaired) electrons. The molecule has 0 bridgehead atoms. The maximum absolute atomic E-state index is 13.0. The molecule has 1 rings (SSSR count). The SMILES string of the molecule is CC/C=C\C/C=C\C/C=C\C/C=C\C=C\C(O)CCCC(=O)OC[C@H](COP(=O)(O)O[C@H]1C(O)C(O)C(O)[C@@H](OP(=O)(O)O)C1O)OC(=O)CCC/C=C\C/C=C\C/C=C\C/C=C\CCCCC. The molecule has 68 heavy (non-hydrogen) atoms. The number of esters is 2. The van der Waals surface area contributed by atoms with Crippen molar-refractivity contribution in [2.45, 2.75) is 172 Å². The van der Waals surface area contributed by atoms with E-state index in [0.29, 0.717) is 19.3 Å². The highest BCUT2D eigenvalue weighted by molar-refractivity contribution is 7.47. The minimum atomic E-state index is -5.40. The number of hydrogen-bond acceptors (Lipinski definition) is 14. The van der Waals surface area contributed by atoms with Crippen LogP contribution in [0, 0.1) is 0 Å². The van der Waals surface area contributed by atoms with Crippen LogP contribution in [0.3, 0.4) is 0 Å². The van der Waals surface area contributed by atoms with Crippen molar-refractivity contribution < 1.29 is 82.0 Å². The number of aliphatic hydroxyl groups is 5.